The van der Waals surface area contributed by atoms with Crippen molar-refractivity contribution in [3.63, 3.8) is 0 Å². The summed E-state index contributed by atoms with van der Waals surface area (Å²) in [7, 11) is 0. The van der Waals surface area contributed by atoms with Crippen LogP contribution in [0.25, 0.3) is 0 Å². The van der Waals surface area contributed by atoms with E-state index in [0.29, 0.717) is 0 Å². The second kappa shape index (κ2) is 8.27. The average molecular weight is 182 g/mol. The monoisotopic (exact) mass is 182 g/mol. The Labute approximate surface area is 114 Å². The van der Waals surface area contributed by atoms with Gasteiger partial charge in [0.2, 0.25) is 0 Å². The average Bonchev–Trinajstić information content (AvgIpc) is 1.78. The molecule has 0 atom stereocenters. The van der Waals surface area contributed by atoms with E-state index >= 15 is 0 Å². The maximum Gasteiger partial charge on any atom is 1.00 e. The van der Waals surface area contributed by atoms with E-state index < -0.39 is 0 Å². The Kier molecular flexibility index (Phi) is 11.4. The smallest absolute Gasteiger partial charge is 0.419 e. The van der Waals surface area contributed by atoms with E-state index in [9.17, 15) is 0 Å². The van der Waals surface area contributed by atoms with Crippen molar-refractivity contribution in [1.29, 1.82) is 0 Å². The third kappa shape index (κ3) is 14.5. The normalized spacial score (nSPS) is 10.9. The Morgan fingerprint density at radius 1 is 1.18 bits per heavy atom. The first-order valence-electron chi connectivity index (χ1n) is 4.42. The van der Waals surface area contributed by atoms with Crippen molar-refractivity contribution < 1.29 is 56.1 Å². The molecule has 0 saturated heterocycles. The predicted octanol–water partition coefficient (Wildman–Crippen LogP) is -0.315. The molecule has 62 valence electrons. The Morgan fingerprint density at radius 3 is 2.09 bits per heavy atom. The van der Waals surface area contributed by atoms with Crippen LogP contribution in [-0.2, 0) is 4.74 Å². The number of rotatable bonds is 5. The Bertz CT molecular complexity index is 80.7. The largest absolute Gasteiger partial charge is 1.00 e. The van der Waals surface area contributed by atoms with E-state index in [-0.39, 0.29) is 57.5 Å². The topological polar surface area (TPSA) is 9.23 Å². The molecule has 0 aliphatic heterocycles. The fraction of sp³-hybridized carbons (Fsp3) is 1.00. The van der Waals surface area contributed by atoms with Gasteiger partial charge in [-0.1, -0.05) is 19.9 Å². The first kappa shape index (κ1) is 15.1. The first-order chi connectivity index (χ1) is 4.56. The van der Waals surface area contributed by atoms with Gasteiger partial charge in [-0.25, -0.2) is 0 Å². The predicted molar refractivity (Wildman–Crippen MR) is 49.1 cm³/mol. The second-order valence-electron chi connectivity index (χ2n) is 4.39. The van der Waals surface area contributed by atoms with Crippen LogP contribution in [0.1, 0.15) is 19.8 Å². The van der Waals surface area contributed by atoms with Gasteiger partial charge in [0.15, 0.2) is 0 Å². The third-order valence-electron chi connectivity index (χ3n) is 1.26. The maximum absolute atomic E-state index is 5.47. The molecule has 0 heterocycles. The van der Waals surface area contributed by atoms with Crippen LogP contribution < -0.4 is 51.4 Å². The van der Waals surface area contributed by atoms with E-state index in [4.69, 9.17) is 4.74 Å². The molecule has 0 spiro atoms. The van der Waals surface area contributed by atoms with Gasteiger partial charge in [-0.05, 0) is 6.42 Å². The number of hydrogen-bond donors (Lipinski definition) is 0. The van der Waals surface area contributed by atoms with Gasteiger partial charge in [0.25, 0.3) is 0 Å². The van der Waals surface area contributed by atoms with Gasteiger partial charge in [-0.3, -0.25) is 0 Å². The molecule has 0 aliphatic carbocycles. The molecule has 0 N–H and O–H groups in total. The van der Waals surface area contributed by atoms with Crippen LogP contribution in [-0.4, -0.2) is 19.3 Å². The Balaban J connectivity index is 0. The minimum atomic E-state index is -0.238. The summed E-state index contributed by atoms with van der Waals surface area (Å²) in [4.78, 5) is 0. The van der Waals surface area contributed by atoms with Gasteiger partial charge < -0.3 is 4.74 Å². The van der Waals surface area contributed by atoms with Gasteiger partial charge in [0.05, 0.1) is 0 Å². The molecule has 0 amide bonds. The Hall–Kier alpha value is 1.66. The van der Waals surface area contributed by atoms with E-state index in [0.717, 1.165) is 13.1 Å². The summed E-state index contributed by atoms with van der Waals surface area (Å²) in [5.41, 5.74) is 0. The van der Waals surface area contributed by atoms with Crippen LogP contribution in [0.15, 0.2) is 0 Å². The summed E-state index contributed by atoms with van der Waals surface area (Å²) in [6.45, 7) is 10.8. The van der Waals surface area contributed by atoms with Gasteiger partial charge in [-0.2, -0.15) is 20.5 Å². The van der Waals surface area contributed by atoms with Crippen molar-refractivity contribution in [2.75, 3.05) is 13.1 Å². The fourth-order valence-corrected chi connectivity index (χ4v) is 0.683. The molecule has 0 fully saturated rings. The van der Waals surface area contributed by atoms with E-state index in [2.05, 4.69) is 27.4 Å². The molecule has 0 bridgehead atoms. The molecule has 11 heavy (non-hydrogen) atoms. The van der Waals surface area contributed by atoms with Crippen molar-refractivity contribution in [1.82, 2.24) is 0 Å². The SMILES string of the molecule is CCCCOC[B-](C)(C)C.[K+]. The summed E-state index contributed by atoms with van der Waals surface area (Å²) in [5.74, 6) is 0. The summed E-state index contributed by atoms with van der Waals surface area (Å²) in [6.07, 6.45) is 2.20. The van der Waals surface area contributed by atoms with Crippen LogP contribution in [0.5, 0.6) is 0 Å². The molecule has 0 aromatic heterocycles. The molecule has 0 saturated carbocycles. The zero-order valence-electron chi connectivity index (χ0n) is 8.81. The minimum absolute atomic E-state index is 0. The summed E-state index contributed by atoms with van der Waals surface area (Å²) < 4.78 is 5.47. The van der Waals surface area contributed by atoms with Crippen molar-refractivity contribution >= 4 is 6.15 Å². The molecule has 1 nitrogen and oxygen atoms in total. The van der Waals surface area contributed by atoms with E-state index in [1.807, 2.05) is 0 Å². The van der Waals surface area contributed by atoms with Gasteiger partial charge in [0, 0.05) is 12.8 Å². The number of ether oxygens (including phenoxy) is 1. The second-order valence-corrected chi connectivity index (χ2v) is 4.39. The summed E-state index contributed by atoms with van der Waals surface area (Å²) in [6, 6.07) is 0. The van der Waals surface area contributed by atoms with E-state index in [1.165, 1.54) is 12.8 Å². The molecule has 0 aromatic rings. The van der Waals surface area contributed by atoms with Crippen molar-refractivity contribution in [2.24, 2.45) is 0 Å². The van der Waals surface area contributed by atoms with Gasteiger partial charge in [-0.15, -0.1) is 0 Å². The van der Waals surface area contributed by atoms with Gasteiger partial charge >= 0.3 is 51.4 Å². The van der Waals surface area contributed by atoms with Crippen LogP contribution in [0.4, 0.5) is 0 Å². The van der Waals surface area contributed by atoms with Gasteiger partial charge in [0.1, 0.15) is 0 Å². The molecule has 0 rings (SSSR count). The zero-order chi connectivity index (χ0) is 8.04. The molecule has 3 heteroatoms. The van der Waals surface area contributed by atoms with Crippen LogP contribution in [0.2, 0.25) is 20.5 Å². The van der Waals surface area contributed by atoms with Crippen molar-refractivity contribution in [3.8, 4) is 0 Å². The molecule has 0 aromatic carbocycles. The van der Waals surface area contributed by atoms with Crippen molar-refractivity contribution in [2.45, 2.75) is 40.2 Å². The van der Waals surface area contributed by atoms with Crippen molar-refractivity contribution in [3.05, 3.63) is 0 Å². The number of hydrogen-bond acceptors (Lipinski definition) is 1. The molecular formula is C8H20BKO. The summed E-state index contributed by atoms with van der Waals surface area (Å²) >= 11 is 0. The Morgan fingerprint density at radius 2 is 1.73 bits per heavy atom. The molecule has 0 radical (unpaired) electrons. The fourth-order valence-electron chi connectivity index (χ4n) is 0.683. The zero-order valence-corrected chi connectivity index (χ0v) is 11.9. The molecule has 0 unspecified atom stereocenters. The third-order valence-corrected chi connectivity index (χ3v) is 1.26. The number of unbranched alkanes of at least 4 members (excludes halogenated alkanes) is 1. The first-order valence-corrected chi connectivity index (χ1v) is 4.42. The quantitative estimate of drug-likeness (QED) is 0.418. The maximum atomic E-state index is 5.47. The van der Waals surface area contributed by atoms with E-state index in [1.54, 1.807) is 0 Å². The minimum Gasteiger partial charge on any atom is -0.419 e. The van der Waals surface area contributed by atoms with Crippen LogP contribution in [0, 0.1) is 0 Å². The molecular weight excluding hydrogens is 162 g/mol. The summed E-state index contributed by atoms with van der Waals surface area (Å²) in [5, 5.41) is 0. The van der Waals surface area contributed by atoms with Crippen LogP contribution >= 0.6 is 0 Å². The standard InChI is InChI=1S/C8H20BO.K/c1-5-6-7-10-8-9(2,3)4;/h5-8H2,1-4H3;/q-1;+1. The van der Waals surface area contributed by atoms with Crippen LogP contribution in [0.3, 0.4) is 0 Å². The molecule has 0 aliphatic rings.